The number of halogens is 1. The fraction of sp³-hybridized carbons (Fsp3) is 0.111. The average molecular weight is 390 g/mol. The fourth-order valence-corrected chi connectivity index (χ4v) is 3.73. The molecular weight excluding hydrogens is 374 g/mol. The zero-order chi connectivity index (χ0) is 18.7. The zero-order valence-electron chi connectivity index (χ0n) is 13.9. The van der Waals surface area contributed by atoms with Crippen LogP contribution in [-0.2, 0) is 21.5 Å². The minimum atomic E-state index is -3.88. The van der Waals surface area contributed by atoms with Gasteiger partial charge in [-0.25, -0.2) is 0 Å². The molecule has 0 unspecified atom stereocenters. The van der Waals surface area contributed by atoms with Crippen LogP contribution in [0.3, 0.4) is 0 Å². The molecule has 1 heterocycles. The highest BCUT2D eigenvalue weighted by Crippen LogP contribution is 2.23. The number of carbonyl (C=O) groups is 1. The van der Waals surface area contributed by atoms with Crippen LogP contribution in [0.2, 0.25) is 5.02 Å². The number of nitrogens with zero attached hydrogens (tertiary/aromatic N) is 2. The van der Waals surface area contributed by atoms with Crippen LogP contribution in [-0.4, -0.2) is 24.3 Å². The summed E-state index contributed by atoms with van der Waals surface area (Å²) >= 11 is 6.05. The molecule has 1 aliphatic heterocycles. The Kier molecular flexibility index (Phi) is 5.11. The van der Waals surface area contributed by atoms with Crippen LogP contribution in [0.25, 0.3) is 0 Å². The number of rotatable bonds is 4. The van der Waals surface area contributed by atoms with Crippen LogP contribution in [0.1, 0.15) is 12.5 Å². The Balaban J connectivity index is 1.88. The van der Waals surface area contributed by atoms with Crippen molar-refractivity contribution >= 4 is 39.1 Å². The van der Waals surface area contributed by atoms with E-state index in [1.165, 1.54) is 13.1 Å². The van der Waals surface area contributed by atoms with Gasteiger partial charge in [-0.3, -0.25) is 9.10 Å². The minimum absolute atomic E-state index is 0.0861. The number of hydrogen-bond donors (Lipinski definition) is 1. The van der Waals surface area contributed by atoms with E-state index in [1.54, 1.807) is 36.4 Å². The molecule has 0 aliphatic carbocycles. The number of carbonyl (C=O) groups excluding carboxylic acids is 1. The highest BCUT2D eigenvalue weighted by Gasteiger charge is 2.28. The normalized spacial score (nSPS) is 15.8. The van der Waals surface area contributed by atoms with E-state index in [4.69, 9.17) is 11.6 Å². The number of anilines is 1. The second-order valence-corrected chi connectivity index (χ2v) is 7.62. The molecule has 3 rings (SSSR count). The number of nitrogens with one attached hydrogen (secondary N) is 1. The van der Waals surface area contributed by atoms with Crippen LogP contribution in [0.4, 0.5) is 5.69 Å². The van der Waals surface area contributed by atoms with Gasteiger partial charge in [0.25, 0.3) is 5.91 Å². The van der Waals surface area contributed by atoms with Gasteiger partial charge in [-0.05, 0) is 24.6 Å². The molecule has 26 heavy (non-hydrogen) atoms. The maximum absolute atomic E-state index is 12.6. The van der Waals surface area contributed by atoms with E-state index in [9.17, 15) is 13.2 Å². The zero-order valence-corrected chi connectivity index (χ0v) is 15.5. The van der Waals surface area contributed by atoms with Crippen molar-refractivity contribution in [1.29, 1.82) is 0 Å². The fourth-order valence-electron chi connectivity index (χ4n) is 2.44. The van der Waals surface area contributed by atoms with Crippen molar-refractivity contribution in [3.05, 3.63) is 77.0 Å². The number of para-hydroxylation sites is 1. The van der Waals surface area contributed by atoms with Crippen LogP contribution in [0.5, 0.6) is 0 Å². The lowest BCUT2D eigenvalue weighted by atomic mass is 10.1. The van der Waals surface area contributed by atoms with Crippen molar-refractivity contribution in [3.8, 4) is 0 Å². The summed E-state index contributed by atoms with van der Waals surface area (Å²) in [5, 5.41) is 3.07. The average Bonchev–Trinajstić information content (AvgIpc) is 2.59. The molecule has 0 bridgehead atoms. The summed E-state index contributed by atoms with van der Waals surface area (Å²) in [6.07, 6.45) is 1.30. The Morgan fingerprint density at radius 1 is 1.12 bits per heavy atom. The van der Waals surface area contributed by atoms with Gasteiger partial charge in [-0.2, -0.15) is 8.42 Å². The summed E-state index contributed by atoms with van der Waals surface area (Å²) in [4.78, 5) is 12.6. The van der Waals surface area contributed by atoms with Crippen molar-refractivity contribution in [2.45, 2.75) is 13.5 Å². The molecule has 0 saturated heterocycles. The van der Waals surface area contributed by atoms with E-state index in [1.807, 2.05) is 18.2 Å². The van der Waals surface area contributed by atoms with Gasteiger partial charge in [0.05, 0.1) is 28.5 Å². The van der Waals surface area contributed by atoms with E-state index in [0.29, 0.717) is 10.7 Å². The minimum Gasteiger partial charge on any atom is -0.321 e. The van der Waals surface area contributed by atoms with Gasteiger partial charge in [-0.1, -0.05) is 54.1 Å². The molecule has 0 spiro atoms. The van der Waals surface area contributed by atoms with Crippen LogP contribution < -0.4 is 5.32 Å². The molecule has 6 nitrogen and oxygen atoms in total. The molecular formula is C18H16ClN3O3S. The van der Waals surface area contributed by atoms with Crippen molar-refractivity contribution in [2.24, 2.45) is 4.40 Å². The highest BCUT2D eigenvalue weighted by atomic mass is 35.5. The Bertz CT molecular complexity index is 1000. The van der Waals surface area contributed by atoms with E-state index in [0.717, 1.165) is 9.87 Å². The van der Waals surface area contributed by atoms with Crippen LogP contribution in [0, 0.1) is 0 Å². The molecule has 0 radical (unpaired) electrons. The monoisotopic (exact) mass is 389 g/mol. The first-order chi connectivity index (χ1) is 12.4. The van der Waals surface area contributed by atoms with Gasteiger partial charge < -0.3 is 5.32 Å². The SMILES string of the molecule is CC1=NS(=O)(=O)N(Cc2ccccc2)C=C1C(=O)Nc1ccccc1Cl. The molecule has 0 saturated carbocycles. The first-order valence-electron chi connectivity index (χ1n) is 7.77. The van der Waals surface area contributed by atoms with Gasteiger partial charge in [-0.15, -0.1) is 4.40 Å². The molecule has 0 atom stereocenters. The van der Waals surface area contributed by atoms with Gasteiger partial charge in [0.15, 0.2) is 0 Å². The molecule has 0 fully saturated rings. The summed E-state index contributed by atoms with van der Waals surface area (Å²) in [7, 11) is -3.88. The molecule has 2 aromatic rings. The van der Waals surface area contributed by atoms with E-state index in [-0.39, 0.29) is 17.8 Å². The van der Waals surface area contributed by atoms with Gasteiger partial charge >= 0.3 is 10.2 Å². The maximum Gasteiger partial charge on any atom is 0.344 e. The van der Waals surface area contributed by atoms with Crippen molar-refractivity contribution in [2.75, 3.05) is 5.32 Å². The topological polar surface area (TPSA) is 78.8 Å². The van der Waals surface area contributed by atoms with Crippen LogP contribution in [0.15, 0.2) is 70.8 Å². The summed E-state index contributed by atoms with van der Waals surface area (Å²) < 4.78 is 29.4. The molecule has 1 N–H and O–H groups in total. The summed E-state index contributed by atoms with van der Waals surface area (Å²) in [6, 6.07) is 15.9. The van der Waals surface area contributed by atoms with Crippen molar-refractivity contribution in [1.82, 2.24) is 4.31 Å². The maximum atomic E-state index is 12.6. The Hall–Kier alpha value is -2.64. The first kappa shape index (κ1) is 18.2. The lowest BCUT2D eigenvalue weighted by Crippen LogP contribution is -2.32. The number of hydrogen-bond acceptors (Lipinski definition) is 3. The molecule has 1 amide bonds. The molecule has 8 heteroatoms. The van der Waals surface area contributed by atoms with E-state index in [2.05, 4.69) is 9.71 Å². The Morgan fingerprint density at radius 3 is 2.46 bits per heavy atom. The third-order valence-corrected chi connectivity index (χ3v) is 5.42. The highest BCUT2D eigenvalue weighted by molar-refractivity contribution is 7.88. The Labute approximate surface area is 157 Å². The predicted molar refractivity (Wildman–Crippen MR) is 102 cm³/mol. The summed E-state index contributed by atoms with van der Waals surface area (Å²) in [6.45, 7) is 1.57. The third kappa shape index (κ3) is 3.95. The predicted octanol–water partition coefficient (Wildman–Crippen LogP) is 3.38. The lowest BCUT2D eigenvalue weighted by Gasteiger charge is -2.23. The quantitative estimate of drug-likeness (QED) is 0.870. The standard InChI is InChI=1S/C18H16ClN3O3S/c1-13-15(18(23)20-17-10-6-5-9-16(17)19)12-22(26(24,25)21-13)11-14-7-3-2-4-8-14/h2-10,12H,11H2,1H3,(H,20,23). The molecule has 1 aliphatic rings. The summed E-state index contributed by atoms with van der Waals surface area (Å²) in [5.74, 6) is -0.479. The lowest BCUT2D eigenvalue weighted by molar-refractivity contribution is -0.112. The number of amides is 1. The van der Waals surface area contributed by atoms with Gasteiger partial charge in [0.1, 0.15) is 0 Å². The van der Waals surface area contributed by atoms with E-state index >= 15 is 0 Å². The number of benzene rings is 2. The van der Waals surface area contributed by atoms with Gasteiger partial charge in [0, 0.05) is 6.20 Å². The van der Waals surface area contributed by atoms with Crippen LogP contribution >= 0.6 is 11.6 Å². The molecule has 2 aromatic carbocycles. The molecule has 0 aromatic heterocycles. The second-order valence-electron chi connectivity index (χ2n) is 5.66. The summed E-state index contributed by atoms with van der Waals surface area (Å²) in [5.41, 5.74) is 1.51. The van der Waals surface area contributed by atoms with Crippen molar-refractivity contribution in [3.63, 3.8) is 0 Å². The third-order valence-electron chi connectivity index (χ3n) is 3.76. The van der Waals surface area contributed by atoms with Gasteiger partial charge in [0.2, 0.25) is 0 Å². The largest absolute Gasteiger partial charge is 0.344 e. The second kappa shape index (κ2) is 7.31. The Morgan fingerprint density at radius 2 is 1.77 bits per heavy atom. The smallest absolute Gasteiger partial charge is 0.321 e. The first-order valence-corrected chi connectivity index (χ1v) is 9.54. The van der Waals surface area contributed by atoms with E-state index < -0.39 is 16.1 Å². The van der Waals surface area contributed by atoms with Crippen molar-refractivity contribution < 1.29 is 13.2 Å². The molecule has 134 valence electrons.